The molecule has 0 aliphatic rings. The van der Waals surface area contributed by atoms with Crippen LogP contribution < -0.4 is 11.1 Å². The van der Waals surface area contributed by atoms with Crippen molar-refractivity contribution in [1.82, 2.24) is 5.32 Å². The van der Waals surface area contributed by atoms with Gasteiger partial charge < -0.3 is 16.2 Å². The third-order valence-corrected chi connectivity index (χ3v) is 2.71. The number of rotatable bonds is 7. The molecule has 0 fully saturated rings. The summed E-state index contributed by atoms with van der Waals surface area (Å²) >= 11 is 0. The van der Waals surface area contributed by atoms with Crippen molar-refractivity contribution in [1.29, 1.82) is 0 Å². The quantitative estimate of drug-likeness (QED) is 0.668. The van der Waals surface area contributed by atoms with Crippen molar-refractivity contribution < 1.29 is 23.1 Å². The predicted octanol–water partition coefficient (Wildman–Crippen LogP) is 1.59. The van der Waals surface area contributed by atoms with Gasteiger partial charge in [0.25, 0.3) is 0 Å². The van der Waals surface area contributed by atoms with E-state index in [0.29, 0.717) is 13.0 Å². The van der Waals surface area contributed by atoms with E-state index in [0.717, 1.165) is 12.1 Å². The molecular weight excluding hydrogens is 273 g/mol. The summed E-state index contributed by atoms with van der Waals surface area (Å²) in [5.74, 6) is -0.412. The van der Waals surface area contributed by atoms with Crippen molar-refractivity contribution >= 4 is 5.91 Å². The molecule has 0 heterocycles. The second kappa shape index (κ2) is 7.25. The van der Waals surface area contributed by atoms with Crippen LogP contribution in [-0.2, 0) is 11.0 Å². The number of amides is 1. The maximum absolute atomic E-state index is 12.5. The van der Waals surface area contributed by atoms with Crippen LogP contribution in [0.2, 0.25) is 0 Å². The fraction of sp³-hybridized carbons (Fsp3) is 0.462. The molecule has 0 aromatic heterocycles. The number of carbonyl (C=O) groups excluding carboxylic acids is 1. The van der Waals surface area contributed by atoms with E-state index in [4.69, 9.17) is 5.73 Å². The Morgan fingerprint density at radius 1 is 1.40 bits per heavy atom. The van der Waals surface area contributed by atoms with Gasteiger partial charge in [0.1, 0.15) is 0 Å². The van der Waals surface area contributed by atoms with E-state index in [2.05, 4.69) is 5.32 Å². The SMILES string of the molecule is NC(=O)CCCNCC(O)c1cccc(C(F)(F)F)c1. The van der Waals surface area contributed by atoms with Gasteiger partial charge in [0.2, 0.25) is 5.91 Å². The summed E-state index contributed by atoms with van der Waals surface area (Å²) in [5.41, 5.74) is 4.37. The summed E-state index contributed by atoms with van der Waals surface area (Å²) in [6, 6.07) is 4.58. The minimum absolute atomic E-state index is 0.111. The van der Waals surface area contributed by atoms with E-state index in [1.54, 1.807) is 0 Å². The molecule has 0 radical (unpaired) electrons. The van der Waals surface area contributed by atoms with E-state index in [9.17, 15) is 23.1 Å². The number of hydrogen-bond acceptors (Lipinski definition) is 3. The summed E-state index contributed by atoms with van der Waals surface area (Å²) in [7, 11) is 0. The van der Waals surface area contributed by atoms with Gasteiger partial charge in [-0.2, -0.15) is 13.2 Å². The Bertz CT molecular complexity index is 449. The second-order valence-electron chi connectivity index (χ2n) is 4.41. The molecule has 4 N–H and O–H groups in total. The first-order chi connectivity index (χ1) is 9.30. The monoisotopic (exact) mass is 290 g/mol. The third kappa shape index (κ3) is 5.58. The number of aliphatic hydroxyl groups is 1. The largest absolute Gasteiger partial charge is 0.416 e. The molecule has 0 aliphatic heterocycles. The van der Waals surface area contributed by atoms with Gasteiger partial charge >= 0.3 is 6.18 Å². The highest BCUT2D eigenvalue weighted by atomic mass is 19.4. The average Bonchev–Trinajstić information content (AvgIpc) is 2.37. The third-order valence-electron chi connectivity index (χ3n) is 2.71. The molecule has 0 bridgehead atoms. The van der Waals surface area contributed by atoms with Crippen LogP contribution in [0.15, 0.2) is 24.3 Å². The van der Waals surface area contributed by atoms with Crippen LogP contribution in [0.5, 0.6) is 0 Å². The Kier molecular flexibility index (Phi) is 5.97. The maximum Gasteiger partial charge on any atom is 0.416 e. The maximum atomic E-state index is 12.5. The predicted molar refractivity (Wildman–Crippen MR) is 67.7 cm³/mol. The lowest BCUT2D eigenvalue weighted by atomic mass is 10.1. The van der Waals surface area contributed by atoms with Crippen LogP contribution in [0.4, 0.5) is 13.2 Å². The van der Waals surface area contributed by atoms with Crippen LogP contribution >= 0.6 is 0 Å². The van der Waals surface area contributed by atoms with E-state index < -0.39 is 23.8 Å². The number of nitrogens with two attached hydrogens (primary N) is 1. The molecule has 1 rings (SSSR count). The first-order valence-corrected chi connectivity index (χ1v) is 6.15. The first-order valence-electron chi connectivity index (χ1n) is 6.15. The van der Waals surface area contributed by atoms with Gasteiger partial charge in [-0.1, -0.05) is 12.1 Å². The molecule has 0 aliphatic carbocycles. The lowest BCUT2D eigenvalue weighted by molar-refractivity contribution is -0.137. The molecule has 1 aromatic rings. The Morgan fingerprint density at radius 2 is 2.10 bits per heavy atom. The van der Waals surface area contributed by atoms with Gasteiger partial charge in [-0.05, 0) is 30.7 Å². The van der Waals surface area contributed by atoms with Gasteiger partial charge in [0.05, 0.1) is 11.7 Å². The number of aliphatic hydroxyl groups excluding tert-OH is 1. The molecule has 112 valence electrons. The van der Waals surface area contributed by atoms with E-state index in [1.807, 2.05) is 0 Å². The van der Waals surface area contributed by atoms with Crippen molar-refractivity contribution in [3.8, 4) is 0 Å². The first kappa shape index (κ1) is 16.5. The molecule has 1 atom stereocenters. The van der Waals surface area contributed by atoms with Gasteiger partial charge in [0.15, 0.2) is 0 Å². The van der Waals surface area contributed by atoms with Crippen molar-refractivity contribution in [3.05, 3.63) is 35.4 Å². The summed E-state index contributed by atoms with van der Waals surface area (Å²) in [6.45, 7) is 0.568. The molecule has 1 amide bonds. The lowest BCUT2D eigenvalue weighted by Gasteiger charge is -2.14. The van der Waals surface area contributed by atoms with Crippen molar-refractivity contribution in [2.24, 2.45) is 5.73 Å². The Labute approximate surface area is 114 Å². The van der Waals surface area contributed by atoms with Crippen LogP contribution in [0.3, 0.4) is 0 Å². The van der Waals surface area contributed by atoms with Crippen molar-refractivity contribution in [3.63, 3.8) is 0 Å². The molecule has 0 saturated carbocycles. The zero-order chi connectivity index (χ0) is 15.2. The van der Waals surface area contributed by atoms with E-state index in [1.165, 1.54) is 12.1 Å². The molecule has 7 heteroatoms. The van der Waals surface area contributed by atoms with Gasteiger partial charge in [0, 0.05) is 13.0 Å². The van der Waals surface area contributed by atoms with Crippen molar-refractivity contribution in [2.45, 2.75) is 25.1 Å². The van der Waals surface area contributed by atoms with Crippen LogP contribution in [0.25, 0.3) is 0 Å². The summed E-state index contributed by atoms with van der Waals surface area (Å²) in [5, 5.41) is 12.7. The standard InChI is InChI=1S/C13H17F3N2O2/c14-13(15,16)10-4-1-3-9(7-10)11(19)8-18-6-2-5-12(17)20/h1,3-4,7,11,18-19H,2,5-6,8H2,(H2,17,20). The van der Waals surface area contributed by atoms with E-state index in [-0.39, 0.29) is 18.5 Å². The van der Waals surface area contributed by atoms with Gasteiger partial charge in [-0.25, -0.2) is 0 Å². The number of benzene rings is 1. The molecule has 0 saturated heterocycles. The number of nitrogens with one attached hydrogen (secondary N) is 1. The zero-order valence-electron chi connectivity index (χ0n) is 10.8. The molecule has 20 heavy (non-hydrogen) atoms. The highest BCUT2D eigenvalue weighted by Crippen LogP contribution is 2.30. The van der Waals surface area contributed by atoms with E-state index >= 15 is 0 Å². The number of alkyl halides is 3. The second-order valence-corrected chi connectivity index (χ2v) is 4.41. The fourth-order valence-electron chi connectivity index (χ4n) is 1.67. The summed E-state index contributed by atoms with van der Waals surface area (Å²) in [6.07, 6.45) is -4.71. The minimum atomic E-state index is -4.43. The topological polar surface area (TPSA) is 75.4 Å². The van der Waals surface area contributed by atoms with Crippen LogP contribution in [0, 0.1) is 0 Å². The Balaban J connectivity index is 2.47. The zero-order valence-corrected chi connectivity index (χ0v) is 10.8. The van der Waals surface area contributed by atoms with Gasteiger partial charge in [-0.3, -0.25) is 4.79 Å². The summed E-state index contributed by atoms with van der Waals surface area (Å²) < 4.78 is 37.6. The highest BCUT2D eigenvalue weighted by Gasteiger charge is 2.30. The number of hydrogen-bond donors (Lipinski definition) is 3. The number of carbonyl (C=O) groups is 1. The average molecular weight is 290 g/mol. The summed E-state index contributed by atoms with van der Waals surface area (Å²) in [4.78, 5) is 10.5. The normalized spacial score (nSPS) is 13.2. The van der Waals surface area contributed by atoms with Crippen LogP contribution in [-0.4, -0.2) is 24.1 Å². The fourth-order valence-corrected chi connectivity index (χ4v) is 1.67. The molecule has 1 aromatic carbocycles. The van der Waals surface area contributed by atoms with Crippen molar-refractivity contribution in [2.75, 3.05) is 13.1 Å². The minimum Gasteiger partial charge on any atom is -0.387 e. The molecular formula is C13H17F3N2O2. The molecule has 4 nitrogen and oxygen atoms in total. The molecule has 1 unspecified atom stereocenters. The lowest BCUT2D eigenvalue weighted by Crippen LogP contribution is -2.24. The number of halogens is 3. The molecule has 0 spiro atoms. The highest BCUT2D eigenvalue weighted by molar-refractivity contribution is 5.73. The Hall–Kier alpha value is -1.60. The van der Waals surface area contributed by atoms with Gasteiger partial charge in [-0.15, -0.1) is 0 Å². The Morgan fingerprint density at radius 3 is 2.70 bits per heavy atom. The smallest absolute Gasteiger partial charge is 0.387 e. The number of primary amides is 1. The van der Waals surface area contributed by atoms with Crippen LogP contribution in [0.1, 0.15) is 30.1 Å².